The molecule has 0 aliphatic rings. The van der Waals surface area contributed by atoms with Crippen molar-refractivity contribution in [1.82, 2.24) is 4.98 Å². The van der Waals surface area contributed by atoms with E-state index in [0.29, 0.717) is 0 Å². The average Bonchev–Trinajstić information content (AvgIpc) is 2.86. The van der Waals surface area contributed by atoms with Crippen molar-refractivity contribution in [3.05, 3.63) is 87.3 Å². The molecule has 0 atom stereocenters. The minimum Gasteiger partial charge on any atom is -0.456 e. The number of pyridine rings is 1. The summed E-state index contributed by atoms with van der Waals surface area (Å²) in [5.74, 6) is -1.92. The van der Waals surface area contributed by atoms with Crippen LogP contribution in [0.2, 0.25) is 0 Å². The third-order valence-corrected chi connectivity index (χ3v) is 7.30. The number of H-pyrrole nitrogens is 1. The van der Waals surface area contributed by atoms with Crippen molar-refractivity contribution in [2.75, 3.05) is 5.32 Å². The first-order valence-electron chi connectivity index (χ1n) is 13.0. The SMILES string of the molecule is CC(C)(C)OP(=O)(OCc1c(NC(=O)c2cccc(C(F)(F)F)c2Oc2ccc(CF)cc2)cc[nH]c1=O)OC(C)(C)C. The van der Waals surface area contributed by atoms with E-state index >= 15 is 0 Å². The van der Waals surface area contributed by atoms with Gasteiger partial charge >= 0.3 is 14.0 Å². The van der Waals surface area contributed by atoms with Crippen LogP contribution in [0.25, 0.3) is 0 Å². The highest BCUT2D eigenvalue weighted by molar-refractivity contribution is 7.48. The lowest BCUT2D eigenvalue weighted by molar-refractivity contribution is -0.138. The Labute approximate surface area is 246 Å². The van der Waals surface area contributed by atoms with Gasteiger partial charge in [-0.1, -0.05) is 18.2 Å². The van der Waals surface area contributed by atoms with Crippen molar-refractivity contribution < 1.29 is 45.2 Å². The number of nitrogens with one attached hydrogen (secondary N) is 2. The standard InChI is InChI=1S/C29H33F4N2O7P/c1-27(2,3)41-43(38,42-28(4,5)6)39-17-21-23(14-15-34-25(21)36)35-26(37)20-8-7-9-22(29(31,32)33)24(20)40-19-12-10-18(16-30)11-13-19/h7-15H,16-17H2,1-6H3,(H2,34,35,36,37). The minimum absolute atomic E-state index is 0.0679. The number of rotatable bonds is 10. The molecule has 14 heteroatoms. The number of para-hydroxylation sites is 1. The average molecular weight is 629 g/mol. The van der Waals surface area contributed by atoms with Crippen LogP contribution in [0.1, 0.15) is 68.6 Å². The molecule has 0 unspecified atom stereocenters. The molecule has 0 saturated carbocycles. The number of ether oxygens (including phenoxy) is 1. The van der Waals surface area contributed by atoms with Gasteiger partial charge in [0.1, 0.15) is 12.4 Å². The highest BCUT2D eigenvalue weighted by Gasteiger charge is 2.38. The zero-order valence-corrected chi connectivity index (χ0v) is 25.3. The van der Waals surface area contributed by atoms with Gasteiger partial charge in [0.2, 0.25) is 0 Å². The Kier molecular flexibility index (Phi) is 10.3. The second-order valence-electron chi connectivity index (χ2n) is 11.3. The Bertz CT molecular complexity index is 1520. The van der Waals surface area contributed by atoms with E-state index in [4.69, 9.17) is 18.3 Å². The molecule has 0 fully saturated rings. The number of hydrogen-bond acceptors (Lipinski definition) is 7. The molecule has 1 aromatic heterocycles. The molecule has 0 aliphatic carbocycles. The summed E-state index contributed by atoms with van der Waals surface area (Å²) < 4.78 is 90.3. The normalized spacial score (nSPS) is 12.7. The molecule has 3 rings (SSSR count). The summed E-state index contributed by atoms with van der Waals surface area (Å²) in [6, 6.07) is 9.38. The van der Waals surface area contributed by atoms with E-state index in [1.54, 1.807) is 41.5 Å². The monoisotopic (exact) mass is 628 g/mol. The Morgan fingerprint density at radius 3 is 2.07 bits per heavy atom. The minimum atomic E-state index is -4.89. The summed E-state index contributed by atoms with van der Waals surface area (Å²) >= 11 is 0. The molecular formula is C29H33F4N2O7P. The number of aromatic nitrogens is 1. The molecule has 0 spiro atoms. The maximum Gasteiger partial charge on any atom is 0.476 e. The predicted octanol–water partition coefficient (Wildman–Crippen LogP) is 8.16. The van der Waals surface area contributed by atoms with Crippen LogP contribution >= 0.6 is 7.82 Å². The maximum atomic E-state index is 13.9. The van der Waals surface area contributed by atoms with Gasteiger partial charge in [0.05, 0.1) is 40.2 Å². The number of benzene rings is 2. The van der Waals surface area contributed by atoms with Gasteiger partial charge in [0.15, 0.2) is 5.75 Å². The number of carbonyl (C=O) groups excluding carboxylic acids is 1. The van der Waals surface area contributed by atoms with E-state index in [1.807, 2.05) is 0 Å². The molecule has 0 aliphatic heterocycles. The molecule has 1 heterocycles. The van der Waals surface area contributed by atoms with Gasteiger partial charge in [-0.05, 0) is 77.4 Å². The third kappa shape index (κ3) is 9.75. The zero-order chi connectivity index (χ0) is 32.2. The summed E-state index contributed by atoms with van der Waals surface area (Å²) in [5.41, 5.74) is -4.46. The fraction of sp³-hybridized carbons (Fsp3) is 0.379. The molecule has 3 aromatic rings. The smallest absolute Gasteiger partial charge is 0.456 e. The second-order valence-corrected chi connectivity index (χ2v) is 12.9. The molecule has 234 valence electrons. The van der Waals surface area contributed by atoms with Gasteiger partial charge in [-0.15, -0.1) is 0 Å². The van der Waals surface area contributed by atoms with Crippen molar-refractivity contribution >= 4 is 19.4 Å². The largest absolute Gasteiger partial charge is 0.476 e. The number of amides is 1. The van der Waals surface area contributed by atoms with Crippen LogP contribution in [0.4, 0.5) is 23.2 Å². The maximum absolute atomic E-state index is 13.9. The number of carbonyl (C=O) groups is 1. The van der Waals surface area contributed by atoms with Gasteiger partial charge in [-0.25, -0.2) is 8.96 Å². The van der Waals surface area contributed by atoms with E-state index in [2.05, 4.69) is 10.3 Å². The van der Waals surface area contributed by atoms with Crippen LogP contribution in [0, 0.1) is 0 Å². The van der Waals surface area contributed by atoms with Crippen molar-refractivity contribution in [2.24, 2.45) is 0 Å². The van der Waals surface area contributed by atoms with Gasteiger partial charge < -0.3 is 15.0 Å². The van der Waals surface area contributed by atoms with E-state index in [9.17, 15) is 31.7 Å². The summed E-state index contributed by atoms with van der Waals surface area (Å²) in [4.78, 5) is 28.5. The molecular weight excluding hydrogens is 595 g/mol. The predicted molar refractivity (Wildman–Crippen MR) is 152 cm³/mol. The van der Waals surface area contributed by atoms with Crippen LogP contribution in [-0.2, 0) is 37.6 Å². The van der Waals surface area contributed by atoms with Gasteiger partial charge in [-0.2, -0.15) is 13.2 Å². The van der Waals surface area contributed by atoms with Crippen LogP contribution in [0.5, 0.6) is 11.5 Å². The highest BCUT2D eigenvalue weighted by Crippen LogP contribution is 2.56. The fourth-order valence-corrected chi connectivity index (χ4v) is 5.43. The summed E-state index contributed by atoms with van der Waals surface area (Å²) in [7, 11) is -4.27. The zero-order valence-electron chi connectivity index (χ0n) is 24.4. The number of phosphoric ester groups is 1. The second kappa shape index (κ2) is 13.0. The summed E-state index contributed by atoms with van der Waals surface area (Å²) in [5, 5.41) is 2.42. The number of phosphoric acid groups is 1. The molecule has 2 aromatic carbocycles. The lowest BCUT2D eigenvalue weighted by Gasteiger charge is -2.30. The van der Waals surface area contributed by atoms with Crippen LogP contribution in [0.3, 0.4) is 0 Å². The highest BCUT2D eigenvalue weighted by atomic mass is 31.2. The van der Waals surface area contributed by atoms with Crippen LogP contribution in [-0.4, -0.2) is 22.1 Å². The topological polar surface area (TPSA) is 116 Å². The number of aromatic amines is 1. The lowest BCUT2D eigenvalue weighted by atomic mass is 10.1. The number of alkyl halides is 4. The van der Waals surface area contributed by atoms with E-state index in [-0.39, 0.29) is 22.6 Å². The Hall–Kier alpha value is -3.51. The number of hydrogen-bond donors (Lipinski definition) is 2. The number of halogens is 4. The van der Waals surface area contributed by atoms with Crippen LogP contribution < -0.4 is 15.6 Å². The Morgan fingerprint density at radius 2 is 1.53 bits per heavy atom. The van der Waals surface area contributed by atoms with Crippen molar-refractivity contribution in [2.45, 2.75) is 72.2 Å². The van der Waals surface area contributed by atoms with Crippen molar-refractivity contribution in [3.8, 4) is 11.5 Å². The molecule has 2 N–H and O–H groups in total. The summed E-state index contributed by atoms with van der Waals surface area (Å²) in [6.45, 7) is 8.32. The molecule has 0 saturated heterocycles. The lowest BCUT2D eigenvalue weighted by Crippen LogP contribution is -2.25. The number of anilines is 1. The van der Waals surface area contributed by atoms with E-state index in [1.165, 1.54) is 36.5 Å². The third-order valence-electron chi connectivity index (χ3n) is 5.31. The first kappa shape index (κ1) is 34.0. The van der Waals surface area contributed by atoms with E-state index < -0.39 is 66.8 Å². The van der Waals surface area contributed by atoms with Gasteiger partial charge in [0.25, 0.3) is 11.5 Å². The Morgan fingerprint density at radius 1 is 0.930 bits per heavy atom. The first-order valence-corrected chi connectivity index (χ1v) is 14.5. The molecule has 0 bridgehead atoms. The molecule has 0 radical (unpaired) electrons. The van der Waals surface area contributed by atoms with Gasteiger partial charge in [0, 0.05) is 6.20 Å². The first-order chi connectivity index (χ1) is 19.8. The molecule has 1 amide bonds. The van der Waals surface area contributed by atoms with E-state index in [0.717, 1.165) is 18.2 Å². The fourth-order valence-electron chi connectivity index (χ4n) is 3.66. The molecule has 9 nitrogen and oxygen atoms in total. The van der Waals surface area contributed by atoms with Crippen LogP contribution in [0.15, 0.2) is 59.5 Å². The van der Waals surface area contributed by atoms with Crippen molar-refractivity contribution in [1.29, 1.82) is 0 Å². The quantitative estimate of drug-likeness (QED) is 0.172. The van der Waals surface area contributed by atoms with Crippen molar-refractivity contribution in [3.63, 3.8) is 0 Å². The molecule has 43 heavy (non-hydrogen) atoms. The summed E-state index contributed by atoms with van der Waals surface area (Å²) in [6.07, 6.45) is -3.69. The Balaban J connectivity index is 1.97. The van der Waals surface area contributed by atoms with Gasteiger partial charge in [-0.3, -0.25) is 23.2 Å².